The van der Waals surface area contributed by atoms with E-state index in [1.54, 1.807) is 12.1 Å². The van der Waals surface area contributed by atoms with Gasteiger partial charge in [0.05, 0.1) is 21.5 Å². The molecule has 0 aliphatic heterocycles. The van der Waals surface area contributed by atoms with Crippen LogP contribution in [0.4, 0.5) is 10.1 Å². The van der Waals surface area contributed by atoms with Gasteiger partial charge in [-0.15, -0.1) is 11.3 Å². The monoisotopic (exact) mass is 504 g/mol. The third-order valence-corrected chi connectivity index (χ3v) is 6.09. The number of rotatable bonds is 3. The second kappa shape index (κ2) is 7.50. The van der Waals surface area contributed by atoms with Crippen molar-refractivity contribution in [3.05, 3.63) is 81.0 Å². The van der Waals surface area contributed by atoms with Crippen molar-refractivity contribution in [3.8, 4) is 10.6 Å². The van der Waals surface area contributed by atoms with Crippen molar-refractivity contribution in [1.82, 2.24) is 4.98 Å². The number of hydrogen-bond donors (Lipinski definition) is 1. The summed E-state index contributed by atoms with van der Waals surface area (Å²) in [5, 5.41) is 3.59. The molecule has 134 valence electrons. The fourth-order valence-electron chi connectivity index (χ4n) is 2.68. The maximum absolute atomic E-state index is 14.0. The summed E-state index contributed by atoms with van der Waals surface area (Å²) in [6, 6.07) is 17.5. The molecule has 4 aromatic rings. The average molecular weight is 506 g/mol. The predicted octanol–water partition coefficient (Wildman–Crippen LogP) is 6.88. The lowest BCUT2D eigenvalue weighted by atomic mass is 10.1. The fourth-order valence-corrected chi connectivity index (χ4v) is 5.00. The molecule has 1 N–H and O–H groups in total. The van der Waals surface area contributed by atoms with Crippen LogP contribution in [0.1, 0.15) is 10.4 Å². The maximum Gasteiger partial charge on any atom is 0.258 e. The number of fused-ring (bicyclic) bond motifs is 1. The van der Waals surface area contributed by atoms with E-state index < -0.39 is 11.7 Å². The van der Waals surface area contributed by atoms with E-state index in [-0.39, 0.29) is 5.56 Å². The second-order valence-corrected chi connectivity index (χ2v) is 8.53. The summed E-state index contributed by atoms with van der Waals surface area (Å²) >= 11 is 8.51. The number of nitrogens with one attached hydrogen (secondary N) is 1. The first-order chi connectivity index (χ1) is 13.0. The molecular formula is C20H11Br2FN2OS. The topological polar surface area (TPSA) is 42.0 Å². The number of hydrogen-bond acceptors (Lipinski definition) is 3. The molecular weight excluding hydrogens is 495 g/mol. The fraction of sp³-hybridized carbons (Fsp3) is 0. The molecule has 0 atom stereocenters. The number of aromatic nitrogens is 1. The van der Waals surface area contributed by atoms with E-state index in [0.717, 1.165) is 25.3 Å². The summed E-state index contributed by atoms with van der Waals surface area (Å²) in [5.74, 6) is -1.08. The lowest BCUT2D eigenvalue weighted by molar-refractivity contribution is 0.102. The van der Waals surface area contributed by atoms with Crippen LogP contribution in [0.3, 0.4) is 0 Å². The zero-order chi connectivity index (χ0) is 19.0. The van der Waals surface area contributed by atoms with E-state index in [9.17, 15) is 9.18 Å². The summed E-state index contributed by atoms with van der Waals surface area (Å²) in [4.78, 5) is 17.3. The molecule has 4 rings (SSSR count). The molecule has 0 aliphatic carbocycles. The second-order valence-electron chi connectivity index (χ2n) is 5.73. The first-order valence-electron chi connectivity index (χ1n) is 7.94. The van der Waals surface area contributed by atoms with Gasteiger partial charge >= 0.3 is 0 Å². The summed E-state index contributed by atoms with van der Waals surface area (Å²) < 4.78 is 16.5. The van der Waals surface area contributed by atoms with Crippen LogP contribution in [0.2, 0.25) is 0 Å². The average Bonchev–Trinajstić information content (AvgIpc) is 3.08. The van der Waals surface area contributed by atoms with Crippen LogP contribution in [0.15, 0.2) is 69.6 Å². The Morgan fingerprint density at radius 1 is 1.04 bits per heavy atom. The molecule has 1 heterocycles. The van der Waals surface area contributed by atoms with Crippen LogP contribution < -0.4 is 5.32 Å². The van der Waals surface area contributed by atoms with Gasteiger partial charge in [0.2, 0.25) is 0 Å². The molecule has 0 fully saturated rings. The summed E-state index contributed by atoms with van der Waals surface area (Å²) in [6.45, 7) is 0. The van der Waals surface area contributed by atoms with Crippen LogP contribution in [0.5, 0.6) is 0 Å². The van der Waals surface area contributed by atoms with E-state index >= 15 is 0 Å². The number of nitrogens with zero attached hydrogens (tertiary/aromatic N) is 1. The molecule has 7 heteroatoms. The third kappa shape index (κ3) is 3.67. The Morgan fingerprint density at radius 2 is 1.78 bits per heavy atom. The normalized spacial score (nSPS) is 10.9. The summed E-state index contributed by atoms with van der Waals surface area (Å²) in [5.41, 5.74) is 2.18. The highest BCUT2D eigenvalue weighted by Gasteiger charge is 2.19. The number of para-hydroxylation sites is 1. The van der Waals surface area contributed by atoms with Crippen LogP contribution >= 0.6 is 43.2 Å². The lowest BCUT2D eigenvalue weighted by Gasteiger charge is -2.13. The van der Waals surface area contributed by atoms with Crippen molar-refractivity contribution in [1.29, 1.82) is 0 Å². The Kier molecular flexibility index (Phi) is 5.08. The highest BCUT2D eigenvalue weighted by atomic mass is 79.9. The molecule has 0 aliphatic rings. The predicted molar refractivity (Wildman–Crippen MR) is 115 cm³/mol. The molecule has 27 heavy (non-hydrogen) atoms. The number of anilines is 1. The van der Waals surface area contributed by atoms with Gasteiger partial charge < -0.3 is 5.32 Å². The molecule has 0 spiro atoms. The van der Waals surface area contributed by atoms with Crippen molar-refractivity contribution in [2.24, 2.45) is 0 Å². The molecule has 0 bridgehead atoms. The smallest absolute Gasteiger partial charge is 0.258 e. The maximum atomic E-state index is 14.0. The van der Waals surface area contributed by atoms with E-state index in [1.807, 2.05) is 36.4 Å². The van der Waals surface area contributed by atoms with Gasteiger partial charge in [0.15, 0.2) is 0 Å². The Labute approximate surface area is 175 Å². The van der Waals surface area contributed by atoms with Crippen LogP contribution in [0, 0.1) is 5.82 Å². The Bertz CT molecular complexity index is 1140. The number of halogens is 3. The van der Waals surface area contributed by atoms with Crippen molar-refractivity contribution in [2.45, 2.75) is 0 Å². The van der Waals surface area contributed by atoms with E-state index in [2.05, 4.69) is 42.2 Å². The first-order valence-corrected chi connectivity index (χ1v) is 10.3. The van der Waals surface area contributed by atoms with Gasteiger partial charge in [-0.2, -0.15) is 0 Å². The number of benzene rings is 3. The molecule has 3 aromatic carbocycles. The minimum atomic E-state index is -0.565. The quantitative estimate of drug-likeness (QED) is 0.329. The Balaban J connectivity index is 1.81. The number of carbonyl (C=O) groups excluding carboxylic acids is 1. The van der Waals surface area contributed by atoms with E-state index in [0.29, 0.717) is 10.2 Å². The SMILES string of the molecule is O=C(Nc1c(Br)cc(Br)cc1-c1nc2ccccc2s1)c1ccccc1F. The Morgan fingerprint density at radius 3 is 2.56 bits per heavy atom. The zero-order valence-corrected chi connectivity index (χ0v) is 17.7. The van der Waals surface area contributed by atoms with Crippen LogP contribution in [0.25, 0.3) is 20.8 Å². The van der Waals surface area contributed by atoms with Gasteiger partial charge in [0.1, 0.15) is 10.8 Å². The largest absolute Gasteiger partial charge is 0.320 e. The molecule has 0 unspecified atom stereocenters. The van der Waals surface area contributed by atoms with Crippen molar-refractivity contribution >= 4 is 65.0 Å². The van der Waals surface area contributed by atoms with Gasteiger partial charge in [-0.25, -0.2) is 9.37 Å². The first kappa shape index (κ1) is 18.3. The van der Waals surface area contributed by atoms with Gasteiger partial charge in [-0.1, -0.05) is 40.2 Å². The molecule has 0 radical (unpaired) electrons. The number of amides is 1. The highest BCUT2D eigenvalue weighted by molar-refractivity contribution is 9.11. The summed E-state index contributed by atoms with van der Waals surface area (Å²) in [7, 11) is 0. The summed E-state index contributed by atoms with van der Waals surface area (Å²) in [6.07, 6.45) is 0. The van der Waals surface area contributed by atoms with Gasteiger partial charge in [0, 0.05) is 14.5 Å². The van der Waals surface area contributed by atoms with Gasteiger partial charge in [-0.05, 0) is 52.3 Å². The highest BCUT2D eigenvalue weighted by Crippen LogP contribution is 2.40. The van der Waals surface area contributed by atoms with Crippen molar-refractivity contribution in [3.63, 3.8) is 0 Å². The Hall–Kier alpha value is -2.09. The molecule has 0 saturated carbocycles. The molecule has 0 saturated heterocycles. The van der Waals surface area contributed by atoms with Gasteiger partial charge in [-0.3, -0.25) is 4.79 Å². The third-order valence-electron chi connectivity index (χ3n) is 3.94. The molecule has 1 amide bonds. The molecule has 3 nitrogen and oxygen atoms in total. The zero-order valence-electron chi connectivity index (χ0n) is 13.7. The lowest BCUT2D eigenvalue weighted by Crippen LogP contribution is -2.14. The minimum absolute atomic E-state index is 0.0115. The van der Waals surface area contributed by atoms with Crippen LogP contribution in [-0.2, 0) is 0 Å². The number of thiazole rings is 1. The van der Waals surface area contributed by atoms with Crippen LogP contribution in [-0.4, -0.2) is 10.9 Å². The van der Waals surface area contributed by atoms with E-state index in [1.165, 1.54) is 23.5 Å². The van der Waals surface area contributed by atoms with Crippen molar-refractivity contribution in [2.75, 3.05) is 5.32 Å². The minimum Gasteiger partial charge on any atom is -0.320 e. The van der Waals surface area contributed by atoms with E-state index in [4.69, 9.17) is 0 Å². The van der Waals surface area contributed by atoms with Crippen molar-refractivity contribution < 1.29 is 9.18 Å². The standard InChI is InChI=1S/C20H11Br2FN2OS/c21-11-9-13(20-24-16-7-3-4-8-17(16)27-20)18(14(22)10-11)25-19(26)12-5-1-2-6-15(12)23/h1-10H,(H,25,26). The molecule has 1 aromatic heterocycles. The number of carbonyl (C=O) groups is 1. The van der Waals surface area contributed by atoms with Gasteiger partial charge in [0.25, 0.3) is 5.91 Å².